The highest BCUT2D eigenvalue weighted by Gasteiger charge is 2.41. The maximum Gasteiger partial charge on any atom is 0.357 e. The molecule has 1 atom stereocenters. The van der Waals surface area contributed by atoms with Gasteiger partial charge in [-0.3, -0.25) is 4.57 Å². The summed E-state index contributed by atoms with van der Waals surface area (Å²) in [6.07, 6.45) is 0. The molecule has 1 unspecified atom stereocenters. The summed E-state index contributed by atoms with van der Waals surface area (Å²) in [7, 11) is -0.882. The summed E-state index contributed by atoms with van der Waals surface area (Å²) < 4.78 is 24.5. The average Bonchev–Trinajstić information content (AvgIpc) is 2.74. The molecular formula is C21H19Cl3NO3P. The Bertz CT molecular complexity index is 942. The van der Waals surface area contributed by atoms with E-state index in [-0.39, 0.29) is 0 Å². The molecule has 0 bridgehead atoms. The molecule has 0 spiro atoms. The van der Waals surface area contributed by atoms with Crippen LogP contribution in [0.3, 0.4) is 0 Å². The minimum Gasteiger partial charge on any atom is -0.323 e. The maximum absolute atomic E-state index is 13.7. The lowest BCUT2D eigenvalue weighted by atomic mass is 10.1. The van der Waals surface area contributed by atoms with Crippen molar-refractivity contribution in [2.75, 3.05) is 19.1 Å². The fourth-order valence-electron chi connectivity index (χ4n) is 3.02. The second kappa shape index (κ2) is 9.53. The van der Waals surface area contributed by atoms with Gasteiger partial charge in [-0.2, -0.15) is 0 Å². The molecular weight excluding hydrogens is 452 g/mol. The van der Waals surface area contributed by atoms with Crippen LogP contribution < -0.4 is 4.90 Å². The van der Waals surface area contributed by atoms with E-state index >= 15 is 0 Å². The summed E-state index contributed by atoms with van der Waals surface area (Å²) in [6, 6.07) is 21.5. The molecule has 8 heteroatoms. The molecule has 29 heavy (non-hydrogen) atoms. The van der Waals surface area contributed by atoms with E-state index in [4.69, 9.17) is 43.9 Å². The second-order valence-corrected chi connectivity index (χ2v) is 9.76. The highest BCUT2D eigenvalue weighted by molar-refractivity contribution is 7.54. The quantitative estimate of drug-likeness (QED) is 0.328. The number of nitrogens with zero attached hydrogens (tertiary/aromatic N) is 1. The van der Waals surface area contributed by atoms with Gasteiger partial charge in [0.15, 0.2) is 5.78 Å². The van der Waals surface area contributed by atoms with E-state index in [1.807, 2.05) is 29.2 Å². The monoisotopic (exact) mass is 469 g/mol. The Labute approximate surface area is 185 Å². The molecule has 0 radical (unpaired) electrons. The molecule has 3 rings (SSSR count). The van der Waals surface area contributed by atoms with Crippen molar-refractivity contribution in [2.45, 2.75) is 5.78 Å². The van der Waals surface area contributed by atoms with Gasteiger partial charge >= 0.3 is 7.60 Å². The summed E-state index contributed by atoms with van der Waals surface area (Å²) in [5.41, 5.74) is 2.23. The van der Waals surface area contributed by atoms with Crippen LogP contribution in [-0.4, -0.2) is 14.2 Å². The predicted molar refractivity (Wildman–Crippen MR) is 121 cm³/mol. The van der Waals surface area contributed by atoms with E-state index in [0.29, 0.717) is 20.6 Å². The predicted octanol–water partition coefficient (Wildman–Crippen LogP) is 7.97. The Morgan fingerprint density at radius 3 is 1.38 bits per heavy atom. The standard InChI is InChI=1S/C21H19Cl3NO3P/c1-27-29(26,28-2)21(15-3-5-16(22)6-4-15)25(19-11-7-17(23)8-12-19)20-13-9-18(24)10-14-20/h3-14,21H,1-2H3. The zero-order valence-corrected chi connectivity index (χ0v) is 18.9. The highest BCUT2D eigenvalue weighted by Crippen LogP contribution is 2.63. The van der Waals surface area contributed by atoms with Crippen LogP contribution in [0.15, 0.2) is 72.8 Å². The van der Waals surface area contributed by atoms with Crippen molar-refractivity contribution in [1.82, 2.24) is 0 Å². The number of hydrogen-bond acceptors (Lipinski definition) is 4. The van der Waals surface area contributed by atoms with Crippen LogP contribution in [0.4, 0.5) is 11.4 Å². The van der Waals surface area contributed by atoms with Gasteiger partial charge in [0.1, 0.15) is 0 Å². The highest BCUT2D eigenvalue weighted by atomic mass is 35.5. The van der Waals surface area contributed by atoms with Crippen molar-refractivity contribution in [2.24, 2.45) is 0 Å². The summed E-state index contributed by atoms with van der Waals surface area (Å²) in [4.78, 5) is 1.88. The number of benzene rings is 3. The van der Waals surface area contributed by atoms with Gasteiger partial charge < -0.3 is 13.9 Å². The first-order chi connectivity index (χ1) is 13.9. The Morgan fingerprint density at radius 2 is 1.03 bits per heavy atom. The third-order valence-corrected chi connectivity index (χ3v) is 7.33. The average molecular weight is 471 g/mol. The van der Waals surface area contributed by atoms with Crippen LogP contribution in [0.2, 0.25) is 15.1 Å². The van der Waals surface area contributed by atoms with Gasteiger partial charge in [-0.25, -0.2) is 0 Å². The molecule has 0 saturated carbocycles. The first kappa shape index (κ1) is 22.2. The third-order valence-electron chi connectivity index (χ3n) is 4.43. The third kappa shape index (κ3) is 4.97. The topological polar surface area (TPSA) is 38.8 Å². The van der Waals surface area contributed by atoms with E-state index in [1.165, 1.54) is 14.2 Å². The lowest BCUT2D eigenvalue weighted by Gasteiger charge is -2.37. The minimum absolute atomic E-state index is 0.571. The van der Waals surface area contributed by atoms with Gasteiger partial charge in [-0.15, -0.1) is 0 Å². The normalized spacial score (nSPS) is 12.6. The lowest BCUT2D eigenvalue weighted by molar-refractivity contribution is 0.266. The largest absolute Gasteiger partial charge is 0.357 e. The Balaban J connectivity index is 2.26. The number of rotatable bonds is 7. The molecule has 0 N–H and O–H groups in total. The first-order valence-electron chi connectivity index (χ1n) is 8.65. The van der Waals surface area contributed by atoms with Gasteiger partial charge in [0, 0.05) is 40.7 Å². The second-order valence-electron chi connectivity index (χ2n) is 6.15. The molecule has 3 aromatic carbocycles. The number of anilines is 2. The van der Waals surface area contributed by atoms with E-state index in [1.54, 1.807) is 48.5 Å². The van der Waals surface area contributed by atoms with Gasteiger partial charge in [0.05, 0.1) is 0 Å². The van der Waals surface area contributed by atoms with E-state index < -0.39 is 13.4 Å². The van der Waals surface area contributed by atoms with Crippen molar-refractivity contribution in [1.29, 1.82) is 0 Å². The first-order valence-corrected chi connectivity index (χ1v) is 11.4. The van der Waals surface area contributed by atoms with Crippen LogP contribution in [0.5, 0.6) is 0 Å². The Hall–Kier alpha value is -1.52. The van der Waals surface area contributed by atoms with E-state index in [0.717, 1.165) is 11.4 Å². The van der Waals surface area contributed by atoms with Crippen molar-refractivity contribution < 1.29 is 13.6 Å². The van der Waals surface area contributed by atoms with Gasteiger partial charge in [0.25, 0.3) is 0 Å². The van der Waals surface area contributed by atoms with Crippen molar-refractivity contribution in [3.8, 4) is 0 Å². The van der Waals surface area contributed by atoms with Gasteiger partial charge in [-0.05, 0) is 66.2 Å². The SMILES string of the molecule is COP(=O)(OC)C(c1ccc(Cl)cc1)N(c1ccc(Cl)cc1)c1ccc(Cl)cc1. The fourth-order valence-corrected chi connectivity index (χ4v) is 5.03. The number of hydrogen-bond donors (Lipinski definition) is 0. The molecule has 0 fully saturated rings. The molecule has 4 nitrogen and oxygen atoms in total. The summed E-state index contributed by atoms with van der Waals surface area (Å²) in [5.74, 6) is -0.780. The summed E-state index contributed by atoms with van der Waals surface area (Å²) >= 11 is 18.2. The van der Waals surface area contributed by atoms with Gasteiger partial charge in [0.2, 0.25) is 0 Å². The summed E-state index contributed by atoms with van der Waals surface area (Å²) in [5, 5.41) is 1.76. The maximum atomic E-state index is 13.7. The smallest absolute Gasteiger partial charge is 0.323 e. The zero-order chi connectivity index (χ0) is 21.0. The zero-order valence-electron chi connectivity index (χ0n) is 15.8. The van der Waals surface area contributed by atoms with Crippen molar-refractivity contribution in [3.63, 3.8) is 0 Å². The van der Waals surface area contributed by atoms with Crippen LogP contribution in [0.1, 0.15) is 11.3 Å². The van der Waals surface area contributed by atoms with E-state index in [9.17, 15) is 4.57 Å². The Morgan fingerprint density at radius 1 is 0.690 bits per heavy atom. The molecule has 0 aliphatic heterocycles. The van der Waals surface area contributed by atoms with Crippen molar-refractivity contribution in [3.05, 3.63) is 93.4 Å². The molecule has 0 aliphatic carbocycles. The van der Waals surface area contributed by atoms with Crippen LogP contribution in [0, 0.1) is 0 Å². The molecule has 0 aromatic heterocycles. The molecule has 0 aliphatic rings. The molecule has 0 amide bonds. The molecule has 0 heterocycles. The van der Waals surface area contributed by atoms with Crippen molar-refractivity contribution >= 4 is 53.8 Å². The minimum atomic E-state index is -3.62. The molecule has 152 valence electrons. The molecule has 3 aromatic rings. The fraction of sp³-hybridized carbons (Fsp3) is 0.143. The van der Waals surface area contributed by atoms with Crippen LogP contribution in [0.25, 0.3) is 0 Å². The van der Waals surface area contributed by atoms with E-state index in [2.05, 4.69) is 0 Å². The van der Waals surface area contributed by atoms with Crippen LogP contribution >= 0.6 is 42.4 Å². The summed E-state index contributed by atoms with van der Waals surface area (Å²) in [6.45, 7) is 0. The van der Waals surface area contributed by atoms with Gasteiger partial charge in [-0.1, -0.05) is 46.9 Å². The Kier molecular flexibility index (Phi) is 7.28. The number of halogens is 3. The molecule has 0 saturated heterocycles. The lowest BCUT2D eigenvalue weighted by Crippen LogP contribution is -2.25. The van der Waals surface area contributed by atoms with Crippen LogP contribution in [-0.2, 0) is 13.6 Å².